The summed E-state index contributed by atoms with van der Waals surface area (Å²) in [5.74, 6) is -2.23. The van der Waals surface area contributed by atoms with Crippen LogP contribution in [-0.4, -0.2) is 40.2 Å². The van der Waals surface area contributed by atoms with E-state index in [1.54, 1.807) is 49.4 Å². The number of carbonyl (C=O) groups excluding carboxylic acids is 2. The average Bonchev–Trinajstić information content (AvgIpc) is 3.28. The van der Waals surface area contributed by atoms with Crippen LogP contribution in [0, 0.1) is 6.92 Å². The molecule has 0 fully saturated rings. The van der Waals surface area contributed by atoms with Crippen molar-refractivity contribution in [2.24, 2.45) is 5.16 Å². The predicted octanol–water partition coefficient (Wildman–Crippen LogP) is 5.25. The molecule has 1 aliphatic heterocycles. The fourth-order valence-corrected chi connectivity index (χ4v) is 4.51. The van der Waals surface area contributed by atoms with Crippen LogP contribution in [-0.2, 0) is 20.8 Å². The summed E-state index contributed by atoms with van der Waals surface area (Å²) in [4.78, 5) is 43.0. The molecule has 2 unspecified atom stereocenters. The molecule has 0 aliphatic carbocycles. The van der Waals surface area contributed by atoms with Crippen molar-refractivity contribution in [2.75, 3.05) is 5.32 Å². The highest BCUT2D eigenvalue weighted by Gasteiger charge is 2.43. The number of hydrogen-bond donors (Lipinski definition) is 3. The van der Waals surface area contributed by atoms with Crippen molar-refractivity contribution >= 4 is 52.4 Å². The van der Waals surface area contributed by atoms with Crippen LogP contribution in [0.3, 0.4) is 0 Å². The van der Waals surface area contributed by atoms with Crippen molar-refractivity contribution in [3.05, 3.63) is 99.0 Å². The maximum absolute atomic E-state index is 13.0. The van der Waals surface area contributed by atoms with E-state index in [1.807, 2.05) is 31.2 Å². The van der Waals surface area contributed by atoms with E-state index >= 15 is 0 Å². The number of aryl methyl sites for hydroxylation is 1. The summed E-state index contributed by atoms with van der Waals surface area (Å²) in [5, 5.41) is 19.6. The molecule has 8 nitrogen and oxygen atoms in total. The van der Waals surface area contributed by atoms with Gasteiger partial charge in [-0.2, -0.15) is 0 Å². The van der Waals surface area contributed by atoms with E-state index in [2.05, 4.69) is 15.8 Å². The van der Waals surface area contributed by atoms with Gasteiger partial charge in [0.1, 0.15) is 6.04 Å². The topological polar surface area (TPSA) is 117 Å². The van der Waals surface area contributed by atoms with Gasteiger partial charge < -0.3 is 20.6 Å². The minimum absolute atomic E-state index is 0.0212. The number of halogens is 2. The van der Waals surface area contributed by atoms with Gasteiger partial charge in [-0.05, 0) is 49.2 Å². The fourth-order valence-electron chi connectivity index (χ4n) is 3.94. The normalized spacial score (nSPS) is 17.2. The summed E-state index contributed by atoms with van der Waals surface area (Å²) >= 11 is 12.2. The number of carboxylic acids is 1. The van der Waals surface area contributed by atoms with Gasteiger partial charge in [-0.3, -0.25) is 9.59 Å². The smallest absolute Gasteiger partial charge is 0.326 e. The van der Waals surface area contributed by atoms with E-state index in [1.165, 1.54) is 0 Å². The predicted molar refractivity (Wildman–Crippen MR) is 146 cm³/mol. The Morgan fingerprint density at radius 2 is 1.66 bits per heavy atom. The molecule has 1 heterocycles. The van der Waals surface area contributed by atoms with Gasteiger partial charge in [0, 0.05) is 18.5 Å². The summed E-state index contributed by atoms with van der Waals surface area (Å²) in [6, 6.07) is 17.8. The third kappa shape index (κ3) is 6.15. The molecule has 0 aromatic heterocycles. The minimum atomic E-state index is -1.33. The summed E-state index contributed by atoms with van der Waals surface area (Å²) in [6.45, 7) is 3.55. The highest BCUT2D eigenvalue weighted by molar-refractivity contribution is 6.40. The zero-order valence-electron chi connectivity index (χ0n) is 20.6. The molecule has 4 rings (SSSR count). The summed E-state index contributed by atoms with van der Waals surface area (Å²) in [7, 11) is 0. The number of benzene rings is 3. The molecular formula is C28H25Cl2N3O5. The number of nitrogens with one attached hydrogen (secondary N) is 2. The number of amides is 2. The van der Waals surface area contributed by atoms with E-state index < -0.39 is 29.4 Å². The number of aliphatic carboxylic acids is 1. The van der Waals surface area contributed by atoms with Gasteiger partial charge in [0.05, 0.1) is 21.3 Å². The van der Waals surface area contributed by atoms with E-state index in [9.17, 15) is 19.5 Å². The first-order valence-electron chi connectivity index (χ1n) is 11.8. The molecule has 2 amide bonds. The molecule has 0 saturated carbocycles. The van der Waals surface area contributed by atoms with Gasteiger partial charge in [-0.25, -0.2) is 4.79 Å². The maximum Gasteiger partial charge on any atom is 0.326 e. The molecule has 0 saturated heterocycles. The van der Waals surface area contributed by atoms with Gasteiger partial charge in [0.2, 0.25) is 5.60 Å². The molecular weight excluding hydrogens is 529 g/mol. The molecule has 3 aromatic carbocycles. The molecule has 196 valence electrons. The zero-order chi connectivity index (χ0) is 27.4. The Morgan fingerprint density at radius 1 is 1.03 bits per heavy atom. The Hall–Kier alpha value is -3.88. The monoisotopic (exact) mass is 553 g/mol. The molecule has 1 aliphatic rings. The van der Waals surface area contributed by atoms with E-state index in [0.717, 1.165) is 11.1 Å². The van der Waals surface area contributed by atoms with Crippen molar-refractivity contribution in [1.29, 1.82) is 0 Å². The van der Waals surface area contributed by atoms with Crippen molar-refractivity contribution in [3.63, 3.8) is 0 Å². The molecule has 2 atom stereocenters. The second-order valence-corrected chi connectivity index (χ2v) is 10.0. The second kappa shape index (κ2) is 11.2. The number of hydrogen-bond acceptors (Lipinski definition) is 5. The molecule has 3 aromatic rings. The number of rotatable bonds is 8. The number of nitrogens with zero attached hydrogens (tertiary/aromatic N) is 1. The van der Waals surface area contributed by atoms with Gasteiger partial charge in [0.15, 0.2) is 0 Å². The van der Waals surface area contributed by atoms with Crippen LogP contribution in [0.25, 0.3) is 0 Å². The van der Waals surface area contributed by atoms with E-state index in [-0.39, 0.29) is 28.5 Å². The average molecular weight is 554 g/mol. The third-order valence-corrected chi connectivity index (χ3v) is 6.80. The lowest BCUT2D eigenvalue weighted by Crippen LogP contribution is -2.51. The highest BCUT2D eigenvalue weighted by atomic mass is 35.5. The van der Waals surface area contributed by atoms with Crippen LogP contribution in [0.4, 0.5) is 5.69 Å². The van der Waals surface area contributed by atoms with Crippen LogP contribution in [0.2, 0.25) is 10.0 Å². The summed E-state index contributed by atoms with van der Waals surface area (Å²) in [6.07, 6.45) is 0.228. The van der Waals surface area contributed by atoms with E-state index in [0.29, 0.717) is 17.0 Å². The third-order valence-electron chi connectivity index (χ3n) is 6.17. The lowest BCUT2D eigenvalue weighted by molar-refractivity contribution is -0.148. The van der Waals surface area contributed by atoms with Crippen LogP contribution in [0.5, 0.6) is 0 Å². The quantitative estimate of drug-likeness (QED) is 0.352. The van der Waals surface area contributed by atoms with Crippen molar-refractivity contribution < 1.29 is 24.3 Å². The van der Waals surface area contributed by atoms with Gasteiger partial charge in [0.25, 0.3) is 11.8 Å². The van der Waals surface area contributed by atoms with Crippen molar-refractivity contribution in [1.82, 2.24) is 5.32 Å². The van der Waals surface area contributed by atoms with Gasteiger partial charge in [-0.1, -0.05) is 76.4 Å². The number of carboxylic acid groups (broad SMARTS) is 1. The molecule has 0 radical (unpaired) electrons. The first kappa shape index (κ1) is 27.2. The first-order valence-corrected chi connectivity index (χ1v) is 12.5. The van der Waals surface area contributed by atoms with Gasteiger partial charge in [-0.15, -0.1) is 0 Å². The number of carbonyl (C=O) groups is 3. The van der Waals surface area contributed by atoms with Crippen molar-refractivity contribution in [3.8, 4) is 0 Å². The lowest BCUT2D eigenvalue weighted by Gasteiger charge is -2.23. The largest absolute Gasteiger partial charge is 0.480 e. The summed E-state index contributed by atoms with van der Waals surface area (Å²) < 4.78 is 0. The summed E-state index contributed by atoms with van der Waals surface area (Å²) in [5.41, 5.74) is 2.49. The van der Waals surface area contributed by atoms with Crippen LogP contribution >= 0.6 is 23.2 Å². The Bertz CT molecular complexity index is 1390. The standard InChI is InChI=1S/C28H25Cl2N3O5/c1-16-6-10-18(11-7-16)23-15-28(2,38-33-23)27(37)32-22(26(35)36)14-17-8-12-19(13-9-17)31-25(34)24-20(29)4-3-5-21(24)30/h3-13,22H,14-15H2,1-2H3,(H,31,34)(H,32,37)(H,35,36). The van der Waals surface area contributed by atoms with Crippen LogP contribution < -0.4 is 10.6 Å². The Morgan fingerprint density at radius 3 is 2.26 bits per heavy atom. The fraction of sp³-hybridized carbons (Fsp3) is 0.214. The number of oxime groups is 1. The Kier molecular flexibility index (Phi) is 8.04. The maximum atomic E-state index is 13.0. The van der Waals surface area contributed by atoms with Crippen LogP contribution in [0.15, 0.2) is 71.9 Å². The first-order chi connectivity index (χ1) is 18.1. The molecule has 38 heavy (non-hydrogen) atoms. The Balaban J connectivity index is 1.38. The lowest BCUT2D eigenvalue weighted by atomic mass is 9.94. The Labute approximate surface area is 229 Å². The molecule has 10 heteroatoms. The SMILES string of the molecule is Cc1ccc(C2=NOC(C)(C(=O)NC(Cc3ccc(NC(=O)c4c(Cl)cccc4Cl)cc3)C(=O)O)C2)cc1. The second-order valence-electron chi connectivity index (χ2n) is 9.22. The molecule has 3 N–H and O–H groups in total. The minimum Gasteiger partial charge on any atom is -0.480 e. The molecule has 0 spiro atoms. The van der Waals surface area contributed by atoms with E-state index in [4.69, 9.17) is 28.0 Å². The van der Waals surface area contributed by atoms with Gasteiger partial charge >= 0.3 is 5.97 Å². The van der Waals surface area contributed by atoms with Crippen molar-refractivity contribution in [2.45, 2.75) is 38.3 Å². The molecule has 0 bridgehead atoms. The van der Waals surface area contributed by atoms with Crippen LogP contribution in [0.1, 0.15) is 40.4 Å². The number of anilines is 1. The highest BCUT2D eigenvalue weighted by Crippen LogP contribution is 2.28. The zero-order valence-corrected chi connectivity index (χ0v) is 22.1.